The van der Waals surface area contributed by atoms with Gasteiger partial charge in [0.2, 0.25) is 5.91 Å². The largest absolute Gasteiger partial charge is 0.416 e. The van der Waals surface area contributed by atoms with Gasteiger partial charge >= 0.3 is 6.18 Å². The van der Waals surface area contributed by atoms with Crippen LogP contribution in [0.15, 0.2) is 48.8 Å². The number of halogens is 3. The highest BCUT2D eigenvalue weighted by molar-refractivity contribution is 5.90. The van der Waals surface area contributed by atoms with Crippen molar-refractivity contribution >= 4 is 5.91 Å². The fourth-order valence-corrected chi connectivity index (χ4v) is 5.67. The minimum atomic E-state index is -4.36. The maximum Gasteiger partial charge on any atom is 0.416 e. The second-order valence-corrected chi connectivity index (χ2v) is 8.34. The fraction of sp³-hybridized carbons (Fsp3) is 0.455. The molecule has 7 heteroatoms. The minimum Gasteiger partial charge on any atom is -0.336 e. The summed E-state index contributed by atoms with van der Waals surface area (Å²) < 4.78 is 39.6. The van der Waals surface area contributed by atoms with Crippen LogP contribution in [0.1, 0.15) is 42.0 Å². The summed E-state index contributed by atoms with van der Waals surface area (Å²) in [6.45, 7) is 1.94. The number of alkyl halides is 3. The lowest BCUT2D eigenvalue weighted by molar-refractivity contribution is -0.138. The molecule has 2 aromatic rings. The number of carbonyl (C=O) groups excluding carboxylic acids is 1. The van der Waals surface area contributed by atoms with Crippen LogP contribution in [0.2, 0.25) is 0 Å². The second-order valence-electron chi connectivity index (χ2n) is 8.34. The Morgan fingerprint density at radius 3 is 2.83 bits per heavy atom. The number of rotatable bonds is 3. The lowest BCUT2D eigenvalue weighted by Crippen LogP contribution is -2.49. The van der Waals surface area contributed by atoms with Crippen molar-refractivity contribution in [2.45, 2.75) is 43.6 Å². The van der Waals surface area contributed by atoms with Gasteiger partial charge in [0.15, 0.2) is 0 Å². The smallest absolute Gasteiger partial charge is 0.336 e. The van der Waals surface area contributed by atoms with E-state index in [9.17, 15) is 18.0 Å². The summed E-state index contributed by atoms with van der Waals surface area (Å²) in [5.74, 6) is 0.270. The number of amides is 1. The summed E-state index contributed by atoms with van der Waals surface area (Å²) in [5.41, 5.74) is 0.490. The highest BCUT2D eigenvalue weighted by Gasteiger charge is 2.65. The highest BCUT2D eigenvalue weighted by Crippen LogP contribution is 2.56. The number of carbonyl (C=O) groups is 1. The number of likely N-dealkylation sites (tertiary alicyclic amines) is 1. The molecule has 3 fully saturated rings. The molecule has 152 valence electrons. The van der Waals surface area contributed by atoms with Gasteiger partial charge in [-0.3, -0.25) is 14.7 Å². The Morgan fingerprint density at radius 1 is 1.21 bits per heavy atom. The quantitative estimate of drug-likeness (QED) is 0.779. The van der Waals surface area contributed by atoms with Crippen LogP contribution in [0.3, 0.4) is 0 Å². The molecule has 29 heavy (non-hydrogen) atoms. The van der Waals surface area contributed by atoms with E-state index in [0.29, 0.717) is 18.7 Å². The van der Waals surface area contributed by atoms with E-state index < -0.39 is 17.3 Å². The molecular weight excluding hydrogens is 379 g/mol. The summed E-state index contributed by atoms with van der Waals surface area (Å²) in [7, 11) is 0. The van der Waals surface area contributed by atoms with E-state index in [2.05, 4.69) is 9.88 Å². The molecule has 4 nitrogen and oxygen atoms in total. The molecule has 0 aliphatic carbocycles. The molecule has 4 heterocycles. The van der Waals surface area contributed by atoms with Gasteiger partial charge in [0.1, 0.15) is 5.54 Å². The van der Waals surface area contributed by atoms with Crippen molar-refractivity contribution in [3.63, 3.8) is 0 Å². The molecule has 3 aliphatic heterocycles. The molecule has 0 saturated carbocycles. The third-order valence-corrected chi connectivity index (χ3v) is 6.82. The molecule has 0 N–H and O–H groups in total. The number of pyridine rings is 1. The molecule has 1 amide bonds. The van der Waals surface area contributed by atoms with Crippen molar-refractivity contribution in [1.82, 2.24) is 14.8 Å². The number of hydrogen-bond acceptors (Lipinski definition) is 3. The zero-order valence-corrected chi connectivity index (χ0v) is 15.9. The number of nitrogens with zero attached hydrogens (tertiary/aromatic N) is 3. The van der Waals surface area contributed by atoms with Gasteiger partial charge in [0.25, 0.3) is 0 Å². The zero-order valence-electron chi connectivity index (χ0n) is 15.9. The first kappa shape index (κ1) is 18.6. The van der Waals surface area contributed by atoms with E-state index in [0.717, 1.165) is 37.4 Å². The van der Waals surface area contributed by atoms with Gasteiger partial charge in [0.05, 0.1) is 5.56 Å². The third-order valence-electron chi connectivity index (χ3n) is 6.82. The number of hydrogen-bond donors (Lipinski definition) is 0. The van der Waals surface area contributed by atoms with Crippen LogP contribution in [0.25, 0.3) is 0 Å². The topological polar surface area (TPSA) is 36.4 Å². The Bertz CT molecular complexity index is 932. The summed E-state index contributed by atoms with van der Waals surface area (Å²) in [6, 6.07) is 9.31. The van der Waals surface area contributed by atoms with Gasteiger partial charge in [-0.25, -0.2) is 0 Å². The van der Waals surface area contributed by atoms with Gasteiger partial charge in [-0.15, -0.1) is 0 Å². The van der Waals surface area contributed by atoms with E-state index in [4.69, 9.17) is 0 Å². The zero-order chi connectivity index (χ0) is 20.2. The number of benzene rings is 1. The molecule has 0 bridgehead atoms. The van der Waals surface area contributed by atoms with Crippen molar-refractivity contribution < 1.29 is 18.0 Å². The van der Waals surface area contributed by atoms with E-state index in [1.807, 2.05) is 17.0 Å². The van der Waals surface area contributed by atoms with Crippen LogP contribution < -0.4 is 0 Å². The molecule has 1 aromatic heterocycles. The minimum absolute atomic E-state index is 0.123. The van der Waals surface area contributed by atoms with Crippen LogP contribution in [-0.4, -0.2) is 39.3 Å². The van der Waals surface area contributed by atoms with Gasteiger partial charge in [0, 0.05) is 37.4 Å². The Balaban J connectivity index is 1.43. The van der Waals surface area contributed by atoms with Crippen LogP contribution in [-0.2, 0) is 17.5 Å². The Labute approximate surface area is 167 Å². The Hall–Kier alpha value is -2.41. The summed E-state index contributed by atoms with van der Waals surface area (Å²) in [4.78, 5) is 21.7. The lowest BCUT2D eigenvalue weighted by atomic mass is 9.85. The third kappa shape index (κ3) is 2.86. The van der Waals surface area contributed by atoms with Crippen LogP contribution in [0.5, 0.6) is 0 Å². The van der Waals surface area contributed by atoms with Crippen molar-refractivity contribution in [1.29, 1.82) is 0 Å². The molecule has 3 saturated heterocycles. The summed E-state index contributed by atoms with van der Waals surface area (Å²) >= 11 is 0. The van der Waals surface area contributed by atoms with Crippen molar-refractivity contribution in [2.75, 3.05) is 13.1 Å². The highest BCUT2D eigenvalue weighted by atomic mass is 19.4. The Morgan fingerprint density at radius 2 is 2.07 bits per heavy atom. The van der Waals surface area contributed by atoms with Gasteiger partial charge < -0.3 is 4.90 Å². The van der Waals surface area contributed by atoms with Crippen molar-refractivity contribution in [3.8, 4) is 0 Å². The van der Waals surface area contributed by atoms with E-state index in [1.54, 1.807) is 18.5 Å². The SMILES string of the molecule is O=C1N(Cc2cccnc2)C[C@@H]2C[C@@H](c3cccc(C(F)(F)F)c3)N3CCC[C@@]123. The van der Waals surface area contributed by atoms with Crippen molar-refractivity contribution in [3.05, 3.63) is 65.5 Å². The van der Waals surface area contributed by atoms with Crippen LogP contribution >= 0.6 is 0 Å². The standard InChI is InChI=1S/C22H22F3N3O/c23-22(24,25)17-6-1-5-16(10-17)19-11-18-14-27(13-15-4-2-8-26-12-15)20(29)21(18)7-3-9-28(19)21/h1-2,4-6,8,10,12,18-19H,3,7,9,11,13-14H2/t18-,19-,21-/m0/s1. The number of aromatic nitrogens is 1. The second kappa shape index (κ2) is 6.55. The van der Waals surface area contributed by atoms with E-state index in [-0.39, 0.29) is 17.9 Å². The van der Waals surface area contributed by atoms with E-state index >= 15 is 0 Å². The Kier molecular flexibility index (Phi) is 4.21. The lowest BCUT2D eigenvalue weighted by Gasteiger charge is -2.33. The van der Waals surface area contributed by atoms with Gasteiger partial charge in [-0.05, 0) is 55.1 Å². The van der Waals surface area contributed by atoms with E-state index in [1.165, 1.54) is 12.1 Å². The normalized spacial score (nSPS) is 29.3. The first-order chi connectivity index (χ1) is 13.9. The average molecular weight is 401 g/mol. The maximum absolute atomic E-state index is 13.5. The monoisotopic (exact) mass is 401 g/mol. The molecule has 1 spiro atoms. The first-order valence-electron chi connectivity index (χ1n) is 10.0. The molecule has 3 aliphatic rings. The average Bonchev–Trinajstić information content (AvgIpc) is 3.33. The fourth-order valence-electron chi connectivity index (χ4n) is 5.67. The van der Waals surface area contributed by atoms with Crippen LogP contribution in [0.4, 0.5) is 13.2 Å². The molecule has 3 atom stereocenters. The first-order valence-corrected chi connectivity index (χ1v) is 10.0. The predicted octanol–water partition coefficient (Wildman–Crippen LogP) is 4.04. The van der Waals surface area contributed by atoms with Gasteiger partial charge in [-0.2, -0.15) is 13.2 Å². The van der Waals surface area contributed by atoms with Gasteiger partial charge in [-0.1, -0.05) is 18.2 Å². The summed E-state index contributed by atoms with van der Waals surface area (Å²) in [6.07, 6.45) is 1.53. The molecule has 1 aromatic carbocycles. The predicted molar refractivity (Wildman–Crippen MR) is 101 cm³/mol. The van der Waals surface area contributed by atoms with Crippen LogP contribution in [0, 0.1) is 5.92 Å². The molecule has 0 radical (unpaired) electrons. The molecular formula is C22H22F3N3O. The molecule has 5 rings (SSSR count). The molecule has 0 unspecified atom stereocenters. The summed E-state index contributed by atoms with van der Waals surface area (Å²) in [5, 5.41) is 0. The maximum atomic E-state index is 13.5. The van der Waals surface area contributed by atoms with Crippen molar-refractivity contribution in [2.24, 2.45) is 5.92 Å².